The third-order valence-electron chi connectivity index (χ3n) is 2.48. The van der Waals surface area contributed by atoms with Crippen molar-refractivity contribution in [3.05, 3.63) is 33.3 Å². The van der Waals surface area contributed by atoms with Crippen LogP contribution in [0.3, 0.4) is 0 Å². The molecule has 5 heteroatoms. The number of rotatable bonds is 6. The second kappa shape index (κ2) is 6.87. The van der Waals surface area contributed by atoms with E-state index in [0.717, 1.165) is 10.0 Å². The molecule has 0 saturated heterocycles. The second-order valence-electron chi connectivity index (χ2n) is 5.09. The van der Waals surface area contributed by atoms with Crippen molar-refractivity contribution in [2.45, 2.75) is 19.1 Å². The molecule has 1 aromatic carbocycles. The summed E-state index contributed by atoms with van der Waals surface area (Å²) in [5.74, 6) is 0. The Bertz CT molecular complexity index is 397. The quantitative estimate of drug-likeness (QED) is 0.838. The van der Waals surface area contributed by atoms with Crippen molar-refractivity contribution in [1.29, 1.82) is 0 Å². The lowest BCUT2D eigenvalue weighted by molar-refractivity contribution is 0.0336. The topological polar surface area (TPSA) is 35.5 Å². The molecule has 0 radical (unpaired) electrons. The summed E-state index contributed by atoms with van der Waals surface area (Å²) in [6.45, 7) is 3.69. The first kappa shape index (κ1) is 15.9. The van der Waals surface area contributed by atoms with Gasteiger partial charge in [-0.25, -0.2) is 0 Å². The van der Waals surface area contributed by atoms with Crippen molar-refractivity contribution in [1.82, 2.24) is 10.2 Å². The molecule has 1 rings (SSSR count). The van der Waals surface area contributed by atoms with Crippen molar-refractivity contribution in [3.8, 4) is 0 Å². The molecule has 0 bridgehead atoms. The number of hydrogen-bond acceptors (Lipinski definition) is 3. The molecule has 0 aromatic heterocycles. The van der Waals surface area contributed by atoms with Crippen molar-refractivity contribution in [2.24, 2.45) is 0 Å². The first-order valence-electron chi connectivity index (χ1n) is 5.82. The number of nitrogens with zero attached hydrogens (tertiary/aromatic N) is 1. The van der Waals surface area contributed by atoms with E-state index in [0.29, 0.717) is 24.7 Å². The Labute approximate surface area is 122 Å². The average molecular weight is 336 g/mol. The smallest absolute Gasteiger partial charge is 0.0869 e. The standard InChI is InChI=1S/C13H20BrClN2O/c1-13(18,9-17(2)3)8-16-7-10-4-5-11(14)12(15)6-10/h4-6,16,18H,7-9H2,1-3H3. The van der Waals surface area contributed by atoms with E-state index in [1.54, 1.807) is 0 Å². The lowest BCUT2D eigenvalue weighted by Gasteiger charge is -2.27. The number of aliphatic hydroxyl groups is 1. The Morgan fingerprint density at radius 3 is 2.67 bits per heavy atom. The van der Waals surface area contributed by atoms with Crippen LogP contribution < -0.4 is 5.32 Å². The predicted octanol–water partition coefficient (Wildman–Crippen LogP) is 2.50. The minimum atomic E-state index is -0.733. The molecule has 1 unspecified atom stereocenters. The van der Waals surface area contributed by atoms with E-state index in [9.17, 15) is 5.11 Å². The molecule has 0 amide bonds. The van der Waals surface area contributed by atoms with Gasteiger partial charge in [0.05, 0.1) is 10.6 Å². The summed E-state index contributed by atoms with van der Waals surface area (Å²) in [5.41, 5.74) is 0.367. The maximum Gasteiger partial charge on any atom is 0.0869 e. The molecule has 0 fully saturated rings. The van der Waals surface area contributed by atoms with Gasteiger partial charge in [-0.1, -0.05) is 17.7 Å². The Balaban J connectivity index is 2.43. The van der Waals surface area contributed by atoms with E-state index in [1.165, 1.54) is 0 Å². The summed E-state index contributed by atoms with van der Waals surface area (Å²) in [4.78, 5) is 1.97. The third-order valence-corrected chi connectivity index (χ3v) is 3.71. The molecular formula is C13H20BrClN2O. The van der Waals surface area contributed by atoms with Gasteiger partial charge < -0.3 is 15.3 Å². The SMILES string of the molecule is CN(C)CC(C)(O)CNCc1ccc(Br)c(Cl)c1. The van der Waals surface area contributed by atoms with Crippen LogP contribution in [-0.2, 0) is 6.54 Å². The summed E-state index contributed by atoms with van der Waals surface area (Å²) in [6, 6.07) is 5.85. The Hall–Kier alpha value is -0.130. The molecule has 0 aliphatic carbocycles. The van der Waals surface area contributed by atoms with Crippen molar-refractivity contribution in [2.75, 3.05) is 27.2 Å². The molecule has 1 aromatic rings. The summed E-state index contributed by atoms with van der Waals surface area (Å²) in [7, 11) is 3.89. The van der Waals surface area contributed by atoms with Crippen molar-refractivity contribution < 1.29 is 5.11 Å². The Morgan fingerprint density at radius 1 is 1.44 bits per heavy atom. The fourth-order valence-corrected chi connectivity index (χ4v) is 2.31. The molecule has 102 valence electrons. The summed E-state index contributed by atoms with van der Waals surface area (Å²) >= 11 is 9.38. The highest BCUT2D eigenvalue weighted by Gasteiger charge is 2.20. The van der Waals surface area contributed by atoms with Gasteiger partial charge >= 0.3 is 0 Å². The normalized spacial score (nSPS) is 14.8. The summed E-state index contributed by atoms with van der Waals surface area (Å²) < 4.78 is 0.896. The van der Waals surface area contributed by atoms with Crippen LogP contribution in [0.25, 0.3) is 0 Å². The molecular weight excluding hydrogens is 316 g/mol. The number of nitrogens with one attached hydrogen (secondary N) is 1. The summed E-state index contributed by atoms with van der Waals surface area (Å²) in [5, 5.41) is 14.1. The maximum atomic E-state index is 10.1. The zero-order valence-corrected chi connectivity index (χ0v) is 13.3. The number of halogens is 2. The van der Waals surface area contributed by atoms with Crippen LogP contribution in [0.15, 0.2) is 22.7 Å². The average Bonchev–Trinajstić information content (AvgIpc) is 2.21. The molecule has 0 aliphatic heterocycles. The number of benzene rings is 1. The molecule has 18 heavy (non-hydrogen) atoms. The van der Waals surface area contributed by atoms with Crippen LogP contribution >= 0.6 is 27.5 Å². The minimum Gasteiger partial charge on any atom is -0.388 e. The fraction of sp³-hybridized carbons (Fsp3) is 0.538. The van der Waals surface area contributed by atoms with Gasteiger partial charge in [-0.3, -0.25) is 0 Å². The Kier molecular flexibility index (Phi) is 6.08. The minimum absolute atomic E-state index is 0.541. The van der Waals surface area contributed by atoms with E-state index in [1.807, 2.05) is 44.1 Å². The van der Waals surface area contributed by atoms with Crippen LogP contribution in [0.4, 0.5) is 0 Å². The monoisotopic (exact) mass is 334 g/mol. The van der Waals surface area contributed by atoms with E-state index >= 15 is 0 Å². The first-order valence-corrected chi connectivity index (χ1v) is 6.99. The zero-order valence-electron chi connectivity index (χ0n) is 11.0. The van der Waals surface area contributed by atoms with Crippen LogP contribution in [0.5, 0.6) is 0 Å². The molecule has 0 spiro atoms. The molecule has 0 aliphatic rings. The predicted molar refractivity (Wildman–Crippen MR) is 80.0 cm³/mol. The second-order valence-corrected chi connectivity index (χ2v) is 6.35. The van der Waals surface area contributed by atoms with Crippen molar-refractivity contribution >= 4 is 27.5 Å². The summed E-state index contributed by atoms with van der Waals surface area (Å²) in [6.07, 6.45) is 0. The first-order chi connectivity index (χ1) is 8.30. The van der Waals surface area contributed by atoms with Gasteiger partial charge in [0.15, 0.2) is 0 Å². The molecule has 1 atom stereocenters. The van der Waals surface area contributed by atoms with E-state index in [-0.39, 0.29) is 0 Å². The fourth-order valence-electron chi connectivity index (χ4n) is 1.86. The lowest BCUT2D eigenvalue weighted by atomic mass is 10.1. The highest BCUT2D eigenvalue weighted by molar-refractivity contribution is 9.10. The van der Waals surface area contributed by atoms with Crippen LogP contribution in [0.2, 0.25) is 5.02 Å². The molecule has 3 nitrogen and oxygen atoms in total. The zero-order chi connectivity index (χ0) is 13.8. The van der Waals surface area contributed by atoms with E-state index in [4.69, 9.17) is 11.6 Å². The van der Waals surface area contributed by atoms with Crippen LogP contribution in [-0.4, -0.2) is 42.8 Å². The van der Waals surface area contributed by atoms with Gasteiger partial charge in [0, 0.05) is 24.1 Å². The van der Waals surface area contributed by atoms with Gasteiger partial charge in [0.25, 0.3) is 0 Å². The van der Waals surface area contributed by atoms with Crippen LogP contribution in [0.1, 0.15) is 12.5 Å². The molecule has 0 saturated carbocycles. The highest BCUT2D eigenvalue weighted by atomic mass is 79.9. The van der Waals surface area contributed by atoms with Crippen LogP contribution in [0, 0.1) is 0 Å². The van der Waals surface area contributed by atoms with E-state index < -0.39 is 5.60 Å². The van der Waals surface area contributed by atoms with Gasteiger partial charge in [0.2, 0.25) is 0 Å². The van der Waals surface area contributed by atoms with Gasteiger partial charge in [-0.2, -0.15) is 0 Å². The lowest BCUT2D eigenvalue weighted by Crippen LogP contribution is -2.45. The van der Waals surface area contributed by atoms with Gasteiger partial charge in [-0.15, -0.1) is 0 Å². The maximum absolute atomic E-state index is 10.1. The largest absolute Gasteiger partial charge is 0.388 e. The Morgan fingerprint density at radius 2 is 2.11 bits per heavy atom. The van der Waals surface area contributed by atoms with Gasteiger partial charge in [0.1, 0.15) is 0 Å². The van der Waals surface area contributed by atoms with Crippen molar-refractivity contribution in [3.63, 3.8) is 0 Å². The molecule has 2 N–H and O–H groups in total. The number of likely N-dealkylation sites (N-methyl/N-ethyl adjacent to an activating group) is 1. The molecule has 0 heterocycles. The van der Waals surface area contributed by atoms with Gasteiger partial charge in [-0.05, 0) is 54.6 Å². The highest BCUT2D eigenvalue weighted by Crippen LogP contribution is 2.23. The number of hydrogen-bond donors (Lipinski definition) is 2. The third kappa shape index (κ3) is 5.67. The van der Waals surface area contributed by atoms with E-state index in [2.05, 4.69) is 21.2 Å².